The second kappa shape index (κ2) is 6.75. The first-order valence-electron chi connectivity index (χ1n) is 7.14. The molecule has 0 aromatic heterocycles. The van der Waals surface area contributed by atoms with Crippen molar-refractivity contribution in [2.45, 2.75) is 37.0 Å². The van der Waals surface area contributed by atoms with E-state index in [1.165, 1.54) is 12.3 Å². The van der Waals surface area contributed by atoms with Crippen molar-refractivity contribution < 1.29 is 12.8 Å². The molecule has 0 spiro atoms. The topological polar surface area (TPSA) is 46.2 Å². The molecule has 3 unspecified atom stereocenters. The van der Waals surface area contributed by atoms with Gasteiger partial charge in [-0.3, -0.25) is 0 Å². The lowest BCUT2D eigenvalue weighted by atomic mass is 9.81. The van der Waals surface area contributed by atoms with Gasteiger partial charge in [0, 0.05) is 12.3 Å². The van der Waals surface area contributed by atoms with Gasteiger partial charge in [0.1, 0.15) is 15.7 Å². The lowest BCUT2D eigenvalue weighted by Gasteiger charge is -2.34. The molecular formula is C15H21BrFNO2S. The first-order valence-corrected chi connectivity index (χ1v) is 9.88. The van der Waals surface area contributed by atoms with Crippen LogP contribution in [-0.2, 0) is 9.84 Å². The summed E-state index contributed by atoms with van der Waals surface area (Å²) in [7, 11) is -1.13. The smallest absolute Gasteiger partial charge is 0.150 e. The van der Waals surface area contributed by atoms with Crippen LogP contribution in [0.1, 0.15) is 37.3 Å². The second-order valence-electron chi connectivity index (χ2n) is 5.82. The Balaban J connectivity index is 2.22. The first kappa shape index (κ1) is 16.9. The van der Waals surface area contributed by atoms with Crippen LogP contribution in [0.15, 0.2) is 22.7 Å². The van der Waals surface area contributed by atoms with Crippen LogP contribution < -0.4 is 5.32 Å². The fraction of sp³-hybridized carbons (Fsp3) is 0.600. The second-order valence-corrected chi connectivity index (χ2v) is 9.00. The van der Waals surface area contributed by atoms with Gasteiger partial charge in [-0.15, -0.1) is 0 Å². The molecule has 0 heterocycles. The third kappa shape index (κ3) is 4.05. The van der Waals surface area contributed by atoms with Crippen LogP contribution in [0, 0.1) is 11.7 Å². The molecule has 21 heavy (non-hydrogen) atoms. The van der Waals surface area contributed by atoms with Crippen LogP contribution in [0.4, 0.5) is 4.39 Å². The predicted molar refractivity (Wildman–Crippen MR) is 86.5 cm³/mol. The van der Waals surface area contributed by atoms with E-state index < -0.39 is 9.84 Å². The van der Waals surface area contributed by atoms with E-state index in [0.29, 0.717) is 10.9 Å². The van der Waals surface area contributed by atoms with Crippen LogP contribution >= 0.6 is 15.9 Å². The van der Waals surface area contributed by atoms with Crippen molar-refractivity contribution in [3.63, 3.8) is 0 Å². The van der Waals surface area contributed by atoms with Crippen molar-refractivity contribution in [1.82, 2.24) is 5.32 Å². The van der Waals surface area contributed by atoms with Crippen LogP contribution in [0.3, 0.4) is 0 Å². The molecule has 0 bridgehead atoms. The van der Waals surface area contributed by atoms with Crippen molar-refractivity contribution >= 4 is 25.8 Å². The summed E-state index contributed by atoms with van der Waals surface area (Å²) in [5.74, 6) is -0.0351. The highest BCUT2D eigenvalue weighted by molar-refractivity contribution is 9.10. The molecule has 118 valence electrons. The molecule has 6 heteroatoms. The molecule has 3 atom stereocenters. The lowest BCUT2D eigenvalue weighted by molar-refractivity contribution is 0.282. The number of halogens is 2. The molecule has 1 fully saturated rings. The molecule has 3 nitrogen and oxygen atoms in total. The highest BCUT2D eigenvalue weighted by Gasteiger charge is 2.33. The van der Waals surface area contributed by atoms with Gasteiger partial charge in [0.05, 0.1) is 9.72 Å². The Bertz CT molecular complexity index is 606. The van der Waals surface area contributed by atoms with Crippen LogP contribution in [0.2, 0.25) is 0 Å². The molecular weight excluding hydrogens is 357 g/mol. The van der Waals surface area contributed by atoms with Gasteiger partial charge in [0.25, 0.3) is 0 Å². The normalized spacial score (nSPS) is 24.8. The van der Waals surface area contributed by atoms with Crippen molar-refractivity contribution in [2.24, 2.45) is 5.92 Å². The zero-order valence-electron chi connectivity index (χ0n) is 12.3. The van der Waals surface area contributed by atoms with Gasteiger partial charge in [0.2, 0.25) is 0 Å². The molecule has 1 N–H and O–H groups in total. The molecule has 1 aromatic carbocycles. The van der Waals surface area contributed by atoms with Gasteiger partial charge in [-0.05, 0) is 65.9 Å². The third-order valence-electron chi connectivity index (χ3n) is 4.36. The Morgan fingerprint density at radius 3 is 2.67 bits per heavy atom. The number of hydrogen-bond donors (Lipinski definition) is 1. The minimum atomic E-state index is -2.99. The first-order chi connectivity index (χ1) is 9.82. The maximum Gasteiger partial charge on any atom is 0.150 e. The SMILES string of the molecule is CNC(c1ccc(F)c(Br)c1)C1CCCC(S(C)(=O)=O)C1. The van der Waals surface area contributed by atoms with Gasteiger partial charge in [-0.25, -0.2) is 12.8 Å². The number of sulfone groups is 1. The largest absolute Gasteiger partial charge is 0.313 e. The van der Waals surface area contributed by atoms with Gasteiger partial charge in [-0.1, -0.05) is 12.5 Å². The summed E-state index contributed by atoms with van der Waals surface area (Å²) in [5.41, 5.74) is 0.991. The summed E-state index contributed by atoms with van der Waals surface area (Å²) < 4.78 is 37.4. The Labute approximate surface area is 134 Å². The number of rotatable bonds is 4. The standard InChI is InChI=1S/C15H21BrFNO2S/c1-18-15(11-6-7-14(17)13(16)9-11)10-4-3-5-12(8-10)21(2,19)20/h6-7,9-10,12,15,18H,3-5,8H2,1-2H3. The van der Waals surface area contributed by atoms with E-state index in [9.17, 15) is 12.8 Å². The van der Waals surface area contributed by atoms with Crippen LogP contribution in [0.5, 0.6) is 0 Å². The Hall–Kier alpha value is -0.460. The highest BCUT2D eigenvalue weighted by atomic mass is 79.9. The maximum absolute atomic E-state index is 13.4. The average Bonchev–Trinajstić information content (AvgIpc) is 2.43. The summed E-state index contributed by atoms with van der Waals surface area (Å²) in [6.45, 7) is 0. The summed E-state index contributed by atoms with van der Waals surface area (Å²) in [4.78, 5) is 0. The molecule has 1 aliphatic carbocycles. The number of benzene rings is 1. The van der Waals surface area contributed by atoms with E-state index in [2.05, 4.69) is 21.2 Å². The molecule has 1 aliphatic rings. The maximum atomic E-state index is 13.4. The quantitative estimate of drug-likeness (QED) is 0.873. The van der Waals surface area contributed by atoms with E-state index >= 15 is 0 Å². The summed E-state index contributed by atoms with van der Waals surface area (Å²) in [6, 6.07) is 5.04. The monoisotopic (exact) mass is 377 g/mol. The minimum Gasteiger partial charge on any atom is -0.313 e. The summed E-state index contributed by atoms with van der Waals surface area (Å²) in [5, 5.41) is 3.01. The van der Waals surface area contributed by atoms with Crippen molar-refractivity contribution in [1.29, 1.82) is 0 Å². The van der Waals surface area contributed by atoms with Gasteiger partial charge >= 0.3 is 0 Å². The molecule has 0 amide bonds. The molecule has 0 saturated heterocycles. The zero-order chi connectivity index (χ0) is 15.6. The summed E-state index contributed by atoms with van der Waals surface area (Å²) in [6.07, 6.45) is 4.65. The fourth-order valence-corrected chi connectivity index (χ4v) is 4.84. The van der Waals surface area contributed by atoms with E-state index in [-0.39, 0.29) is 23.0 Å². The van der Waals surface area contributed by atoms with Crippen molar-refractivity contribution in [3.05, 3.63) is 34.1 Å². The fourth-order valence-electron chi connectivity index (χ4n) is 3.25. The Kier molecular flexibility index (Phi) is 5.43. The van der Waals surface area contributed by atoms with E-state index in [4.69, 9.17) is 0 Å². The number of hydrogen-bond acceptors (Lipinski definition) is 3. The molecule has 0 aliphatic heterocycles. The van der Waals surface area contributed by atoms with Gasteiger partial charge in [0.15, 0.2) is 0 Å². The Morgan fingerprint density at radius 1 is 1.38 bits per heavy atom. The molecule has 2 rings (SSSR count). The Morgan fingerprint density at radius 2 is 2.10 bits per heavy atom. The van der Waals surface area contributed by atoms with E-state index in [0.717, 1.165) is 24.8 Å². The zero-order valence-corrected chi connectivity index (χ0v) is 14.7. The van der Waals surface area contributed by atoms with Gasteiger partial charge in [-0.2, -0.15) is 0 Å². The number of nitrogens with one attached hydrogen (secondary N) is 1. The third-order valence-corrected chi connectivity index (χ3v) is 6.60. The average molecular weight is 378 g/mol. The molecule has 1 aromatic rings. The van der Waals surface area contributed by atoms with E-state index in [1.54, 1.807) is 12.1 Å². The lowest BCUT2D eigenvalue weighted by Crippen LogP contribution is -2.34. The van der Waals surface area contributed by atoms with Crippen molar-refractivity contribution in [3.8, 4) is 0 Å². The minimum absolute atomic E-state index is 0.0476. The molecule has 0 radical (unpaired) electrons. The van der Waals surface area contributed by atoms with Crippen molar-refractivity contribution in [2.75, 3.05) is 13.3 Å². The molecule has 1 saturated carbocycles. The highest BCUT2D eigenvalue weighted by Crippen LogP contribution is 2.37. The summed E-state index contributed by atoms with van der Waals surface area (Å²) >= 11 is 3.21. The van der Waals surface area contributed by atoms with Crippen LogP contribution in [0.25, 0.3) is 0 Å². The van der Waals surface area contributed by atoms with Gasteiger partial charge < -0.3 is 5.32 Å². The van der Waals surface area contributed by atoms with E-state index in [1.807, 2.05) is 7.05 Å². The van der Waals surface area contributed by atoms with Crippen LogP contribution in [-0.4, -0.2) is 27.0 Å². The predicted octanol–water partition coefficient (Wildman–Crippen LogP) is 3.45.